The fraction of sp³-hybridized carbons (Fsp3) is 0.571. The first-order chi connectivity index (χ1) is 10.1. The normalized spacial score (nSPS) is 20.4. The Hall–Kier alpha value is -1.15. The predicted molar refractivity (Wildman–Crippen MR) is 77.8 cm³/mol. The minimum atomic E-state index is -3.56. The van der Waals surface area contributed by atoms with E-state index in [0.29, 0.717) is 25.5 Å². The topological polar surface area (TPSA) is 76.1 Å². The van der Waals surface area contributed by atoms with E-state index in [1.165, 1.54) is 4.31 Å². The second-order valence-corrected chi connectivity index (χ2v) is 6.80. The van der Waals surface area contributed by atoms with Gasteiger partial charge in [-0.05, 0) is 30.7 Å². The van der Waals surface area contributed by atoms with Gasteiger partial charge in [0.2, 0.25) is 10.0 Å². The van der Waals surface area contributed by atoms with Gasteiger partial charge in [-0.15, -0.1) is 0 Å². The van der Waals surface area contributed by atoms with Gasteiger partial charge in [0, 0.05) is 13.1 Å². The average molecular weight is 315 g/mol. The monoisotopic (exact) mass is 315 g/mol. The number of aliphatic hydroxyl groups excluding tert-OH is 1. The van der Waals surface area contributed by atoms with E-state index >= 15 is 0 Å². The quantitative estimate of drug-likeness (QED) is 0.842. The van der Waals surface area contributed by atoms with E-state index in [4.69, 9.17) is 14.6 Å². The van der Waals surface area contributed by atoms with Crippen molar-refractivity contribution in [3.63, 3.8) is 0 Å². The summed E-state index contributed by atoms with van der Waals surface area (Å²) in [4.78, 5) is 0.227. The maximum Gasteiger partial charge on any atom is 0.243 e. The van der Waals surface area contributed by atoms with Crippen LogP contribution in [0, 0.1) is 0 Å². The molecule has 1 atom stereocenters. The lowest BCUT2D eigenvalue weighted by Gasteiger charge is -2.31. The van der Waals surface area contributed by atoms with Crippen LogP contribution in [0.3, 0.4) is 0 Å². The highest BCUT2D eigenvalue weighted by atomic mass is 32.2. The molecule has 1 aliphatic heterocycles. The van der Waals surface area contributed by atoms with Crippen LogP contribution in [0.25, 0.3) is 0 Å². The van der Waals surface area contributed by atoms with E-state index in [1.54, 1.807) is 24.3 Å². The van der Waals surface area contributed by atoms with E-state index in [9.17, 15) is 8.42 Å². The van der Waals surface area contributed by atoms with Crippen molar-refractivity contribution in [3.8, 4) is 5.75 Å². The molecule has 1 unspecified atom stereocenters. The maximum atomic E-state index is 12.5. The molecule has 21 heavy (non-hydrogen) atoms. The van der Waals surface area contributed by atoms with Crippen molar-refractivity contribution >= 4 is 10.0 Å². The number of hydrogen-bond acceptors (Lipinski definition) is 5. The highest BCUT2D eigenvalue weighted by molar-refractivity contribution is 7.89. The van der Waals surface area contributed by atoms with Gasteiger partial charge in [-0.25, -0.2) is 8.42 Å². The van der Waals surface area contributed by atoms with E-state index < -0.39 is 16.1 Å². The van der Waals surface area contributed by atoms with Gasteiger partial charge in [0.1, 0.15) is 5.75 Å². The Morgan fingerprint density at radius 2 is 2.10 bits per heavy atom. The number of rotatable bonds is 6. The Morgan fingerprint density at radius 3 is 2.71 bits per heavy atom. The molecule has 6 nitrogen and oxygen atoms in total. The van der Waals surface area contributed by atoms with Crippen LogP contribution in [-0.4, -0.2) is 56.8 Å². The van der Waals surface area contributed by atoms with Gasteiger partial charge < -0.3 is 14.6 Å². The first-order valence-corrected chi connectivity index (χ1v) is 8.47. The van der Waals surface area contributed by atoms with Gasteiger partial charge in [-0.3, -0.25) is 0 Å². The molecule has 0 aliphatic carbocycles. The number of hydrogen-bond donors (Lipinski definition) is 1. The SMILES string of the molecule is CCCOc1ccc(S(=O)(=O)N2CCOC(CO)C2)cc1. The molecule has 1 saturated heterocycles. The number of morpholine rings is 1. The summed E-state index contributed by atoms with van der Waals surface area (Å²) in [6.07, 6.45) is 0.441. The molecule has 118 valence electrons. The van der Waals surface area contributed by atoms with Crippen LogP contribution in [0.1, 0.15) is 13.3 Å². The molecule has 1 aliphatic rings. The highest BCUT2D eigenvalue weighted by Crippen LogP contribution is 2.21. The molecule has 1 aromatic carbocycles. The average Bonchev–Trinajstić information content (AvgIpc) is 2.53. The van der Waals surface area contributed by atoms with E-state index in [0.717, 1.165) is 6.42 Å². The fourth-order valence-corrected chi connectivity index (χ4v) is 3.55. The summed E-state index contributed by atoms with van der Waals surface area (Å²) in [5.74, 6) is 0.658. The van der Waals surface area contributed by atoms with E-state index in [1.807, 2.05) is 6.92 Å². The van der Waals surface area contributed by atoms with Gasteiger partial charge in [0.15, 0.2) is 0 Å². The fourth-order valence-electron chi connectivity index (χ4n) is 2.10. The Labute approximate surface area is 125 Å². The van der Waals surface area contributed by atoms with Gasteiger partial charge >= 0.3 is 0 Å². The predicted octanol–water partition coefficient (Wildman–Crippen LogP) is 0.857. The molecule has 1 aromatic rings. The summed E-state index contributed by atoms with van der Waals surface area (Å²) in [6, 6.07) is 6.41. The summed E-state index contributed by atoms with van der Waals surface area (Å²) >= 11 is 0. The molecule has 1 fully saturated rings. The molecule has 1 N–H and O–H groups in total. The molecule has 0 spiro atoms. The molecule has 0 radical (unpaired) electrons. The smallest absolute Gasteiger partial charge is 0.243 e. The van der Waals surface area contributed by atoms with Crippen LogP contribution in [0.15, 0.2) is 29.2 Å². The lowest BCUT2D eigenvalue weighted by atomic mass is 10.3. The Bertz CT molecular complexity index is 543. The minimum absolute atomic E-state index is 0.174. The summed E-state index contributed by atoms with van der Waals surface area (Å²) in [5.41, 5.74) is 0. The molecule has 2 rings (SSSR count). The van der Waals surface area contributed by atoms with Crippen molar-refractivity contribution in [1.29, 1.82) is 0 Å². The van der Waals surface area contributed by atoms with Crippen molar-refractivity contribution in [2.75, 3.05) is 32.9 Å². The van der Waals surface area contributed by atoms with Crippen LogP contribution in [0.5, 0.6) is 5.75 Å². The van der Waals surface area contributed by atoms with E-state index in [-0.39, 0.29) is 18.0 Å². The maximum absolute atomic E-state index is 12.5. The lowest BCUT2D eigenvalue weighted by molar-refractivity contribution is -0.0304. The van der Waals surface area contributed by atoms with Crippen molar-refractivity contribution in [2.45, 2.75) is 24.3 Å². The summed E-state index contributed by atoms with van der Waals surface area (Å²) in [5, 5.41) is 9.10. The second kappa shape index (κ2) is 7.22. The lowest BCUT2D eigenvalue weighted by Crippen LogP contribution is -2.46. The molecular formula is C14H21NO5S. The van der Waals surface area contributed by atoms with Crippen LogP contribution < -0.4 is 4.74 Å². The Balaban J connectivity index is 2.11. The molecule has 0 saturated carbocycles. The van der Waals surface area contributed by atoms with E-state index in [2.05, 4.69) is 0 Å². The highest BCUT2D eigenvalue weighted by Gasteiger charge is 2.30. The third kappa shape index (κ3) is 3.94. The van der Waals surface area contributed by atoms with Crippen LogP contribution in [0.4, 0.5) is 0 Å². The second-order valence-electron chi connectivity index (χ2n) is 4.86. The van der Waals surface area contributed by atoms with Crippen molar-refractivity contribution in [3.05, 3.63) is 24.3 Å². The zero-order chi connectivity index (χ0) is 15.3. The Kier molecular flexibility index (Phi) is 5.58. The third-order valence-electron chi connectivity index (χ3n) is 3.24. The number of nitrogens with zero attached hydrogens (tertiary/aromatic N) is 1. The zero-order valence-corrected chi connectivity index (χ0v) is 12.9. The van der Waals surface area contributed by atoms with Gasteiger partial charge in [0.05, 0.1) is 30.8 Å². The summed E-state index contributed by atoms with van der Waals surface area (Å²) in [6.45, 7) is 3.19. The van der Waals surface area contributed by atoms with Gasteiger partial charge in [0.25, 0.3) is 0 Å². The number of ether oxygens (including phenoxy) is 2. The Morgan fingerprint density at radius 1 is 1.38 bits per heavy atom. The first-order valence-electron chi connectivity index (χ1n) is 7.03. The van der Waals surface area contributed by atoms with Crippen LogP contribution >= 0.6 is 0 Å². The van der Waals surface area contributed by atoms with Crippen molar-refractivity contribution in [1.82, 2.24) is 4.31 Å². The van der Waals surface area contributed by atoms with Gasteiger partial charge in [-0.2, -0.15) is 4.31 Å². The number of sulfonamides is 1. The van der Waals surface area contributed by atoms with Crippen molar-refractivity contribution < 1.29 is 23.0 Å². The minimum Gasteiger partial charge on any atom is -0.494 e. The molecule has 0 bridgehead atoms. The number of aliphatic hydroxyl groups is 1. The van der Waals surface area contributed by atoms with Crippen LogP contribution in [0.2, 0.25) is 0 Å². The third-order valence-corrected chi connectivity index (χ3v) is 5.12. The van der Waals surface area contributed by atoms with Gasteiger partial charge in [-0.1, -0.05) is 6.92 Å². The zero-order valence-electron chi connectivity index (χ0n) is 12.1. The molecular weight excluding hydrogens is 294 g/mol. The largest absolute Gasteiger partial charge is 0.494 e. The standard InChI is InChI=1S/C14H21NO5S/c1-2-8-19-12-3-5-14(6-4-12)21(17,18)15-7-9-20-13(10-15)11-16/h3-6,13,16H,2,7-11H2,1H3. The van der Waals surface area contributed by atoms with Crippen LogP contribution in [-0.2, 0) is 14.8 Å². The molecule has 1 heterocycles. The van der Waals surface area contributed by atoms with Crippen molar-refractivity contribution in [2.24, 2.45) is 0 Å². The summed E-state index contributed by atoms with van der Waals surface area (Å²) < 4.78 is 37.1. The molecule has 0 aromatic heterocycles. The molecule has 7 heteroatoms. The molecule has 0 amide bonds. The number of benzene rings is 1. The first kappa shape index (κ1) is 16.2. The summed E-state index contributed by atoms with van der Waals surface area (Å²) in [7, 11) is -3.56.